The second-order valence-electron chi connectivity index (χ2n) is 5.79. The Balaban J connectivity index is 1.67. The van der Waals surface area contributed by atoms with E-state index < -0.39 is 15.9 Å². The molecule has 0 atom stereocenters. The lowest BCUT2D eigenvalue weighted by molar-refractivity contribution is 0.102. The standard InChI is InChI=1S/C16H19N5O4S/c1-26(23,24)20-13-4-2-3-12(11-13)17-16(22)14-5-6-15(19-18-14)21-7-9-25-10-8-21/h2-6,11,20H,7-10H2,1H3,(H,17,22). The van der Waals surface area contributed by atoms with Gasteiger partial charge in [-0.05, 0) is 30.3 Å². The first-order valence-electron chi connectivity index (χ1n) is 7.96. The van der Waals surface area contributed by atoms with Crippen LogP contribution >= 0.6 is 0 Å². The number of ether oxygens (including phenoxy) is 1. The Morgan fingerprint density at radius 3 is 2.50 bits per heavy atom. The zero-order valence-electron chi connectivity index (χ0n) is 14.2. The summed E-state index contributed by atoms with van der Waals surface area (Å²) in [6, 6.07) is 9.75. The van der Waals surface area contributed by atoms with Gasteiger partial charge in [-0.1, -0.05) is 6.07 Å². The molecule has 1 amide bonds. The Morgan fingerprint density at radius 2 is 1.85 bits per heavy atom. The summed E-state index contributed by atoms with van der Waals surface area (Å²) in [4.78, 5) is 14.4. The molecule has 0 aliphatic carbocycles. The lowest BCUT2D eigenvalue weighted by Gasteiger charge is -2.27. The monoisotopic (exact) mass is 377 g/mol. The van der Waals surface area contributed by atoms with Crippen LogP contribution in [0.5, 0.6) is 0 Å². The Labute approximate surface area is 151 Å². The number of anilines is 3. The van der Waals surface area contributed by atoms with Crippen molar-refractivity contribution < 1.29 is 17.9 Å². The van der Waals surface area contributed by atoms with Crippen LogP contribution < -0.4 is 14.9 Å². The maximum Gasteiger partial charge on any atom is 0.276 e. The maximum absolute atomic E-state index is 12.3. The van der Waals surface area contributed by atoms with Crippen molar-refractivity contribution in [2.75, 3.05) is 47.5 Å². The summed E-state index contributed by atoms with van der Waals surface area (Å²) in [6.07, 6.45) is 1.06. The topological polar surface area (TPSA) is 114 Å². The number of benzene rings is 1. The number of rotatable bonds is 5. The van der Waals surface area contributed by atoms with Crippen LogP contribution in [0.25, 0.3) is 0 Å². The molecule has 9 nitrogen and oxygen atoms in total. The Morgan fingerprint density at radius 1 is 1.12 bits per heavy atom. The van der Waals surface area contributed by atoms with E-state index in [9.17, 15) is 13.2 Å². The molecule has 10 heteroatoms. The third-order valence-electron chi connectivity index (χ3n) is 3.64. The molecule has 1 saturated heterocycles. The normalized spacial score (nSPS) is 14.7. The molecule has 0 radical (unpaired) electrons. The molecule has 2 N–H and O–H groups in total. The van der Waals surface area contributed by atoms with Crippen molar-refractivity contribution in [1.82, 2.24) is 10.2 Å². The van der Waals surface area contributed by atoms with Gasteiger partial charge in [0.25, 0.3) is 5.91 Å². The number of hydrogen-bond donors (Lipinski definition) is 2. The minimum atomic E-state index is -3.39. The molecule has 0 unspecified atom stereocenters. The molecular weight excluding hydrogens is 358 g/mol. The highest BCUT2D eigenvalue weighted by Gasteiger charge is 2.15. The van der Waals surface area contributed by atoms with E-state index in [1.54, 1.807) is 30.3 Å². The van der Waals surface area contributed by atoms with Gasteiger partial charge in [-0.3, -0.25) is 9.52 Å². The number of carbonyl (C=O) groups excluding carboxylic acids is 1. The summed E-state index contributed by atoms with van der Waals surface area (Å²) >= 11 is 0. The van der Waals surface area contributed by atoms with Crippen LogP contribution in [-0.4, -0.2) is 57.1 Å². The first-order chi connectivity index (χ1) is 12.4. The third-order valence-corrected chi connectivity index (χ3v) is 4.25. The molecule has 1 aliphatic heterocycles. The van der Waals surface area contributed by atoms with Crippen LogP contribution in [0.15, 0.2) is 36.4 Å². The number of aromatic nitrogens is 2. The van der Waals surface area contributed by atoms with Gasteiger partial charge in [-0.2, -0.15) is 0 Å². The van der Waals surface area contributed by atoms with Gasteiger partial charge >= 0.3 is 0 Å². The van der Waals surface area contributed by atoms with Gasteiger partial charge in [0.1, 0.15) is 0 Å². The van der Waals surface area contributed by atoms with Gasteiger partial charge in [0.2, 0.25) is 10.0 Å². The minimum absolute atomic E-state index is 0.170. The SMILES string of the molecule is CS(=O)(=O)Nc1cccc(NC(=O)c2ccc(N3CCOCC3)nn2)c1. The number of carbonyl (C=O) groups is 1. The van der Waals surface area contributed by atoms with Crippen LogP contribution in [0.2, 0.25) is 0 Å². The fraction of sp³-hybridized carbons (Fsp3) is 0.312. The highest BCUT2D eigenvalue weighted by Crippen LogP contribution is 2.17. The molecule has 26 heavy (non-hydrogen) atoms. The predicted molar refractivity (Wildman–Crippen MR) is 97.9 cm³/mol. The summed E-state index contributed by atoms with van der Waals surface area (Å²) in [5.41, 5.74) is 0.977. The fourth-order valence-corrected chi connectivity index (χ4v) is 3.03. The Bertz CT molecular complexity index is 880. The quantitative estimate of drug-likeness (QED) is 0.797. The van der Waals surface area contributed by atoms with E-state index in [1.807, 2.05) is 4.90 Å². The van der Waals surface area contributed by atoms with Crippen LogP contribution in [0.4, 0.5) is 17.2 Å². The van der Waals surface area contributed by atoms with Crippen LogP contribution in [0.1, 0.15) is 10.5 Å². The van der Waals surface area contributed by atoms with Crippen molar-refractivity contribution in [3.8, 4) is 0 Å². The van der Waals surface area contributed by atoms with Gasteiger partial charge in [0.05, 0.1) is 25.2 Å². The number of hydrogen-bond acceptors (Lipinski definition) is 7. The van der Waals surface area contributed by atoms with Crippen molar-refractivity contribution in [3.63, 3.8) is 0 Å². The number of sulfonamides is 1. The molecule has 0 saturated carbocycles. The summed E-state index contributed by atoms with van der Waals surface area (Å²) in [5, 5.41) is 10.7. The molecule has 1 fully saturated rings. The lowest BCUT2D eigenvalue weighted by Crippen LogP contribution is -2.37. The first kappa shape index (κ1) is 18.1. The van der Waals surface area contributed by atoms with E-state index in [1.165, 1.54) is 6.07 Å². The Kier molecular flexibility index (Phi) is 5.33. The zero-order valence-corrected chi connectivity index (χ0v) is 15.0. The van der Waals surface area contributed by atoms with E-state index in [4.69, 9.17) is 4.74 Å². The van der Waals surface area contributed by atoms with Gasteiger partial charge in [0, 0.05) is 18.8 Å². The van der Waals surface area contributed by atoms with Crippen molar-refractivity contribution in [3.05, 3.63) is 42.1 Å². The minimum Gasteiger partial charge on any atom is -0.378 e. The van der Waals surface area contributed by atoms with E-state index in [2.05, 4.69) is 20.2 Å². The van der Waals surface area contributed by atoms with Crippen molar-refractivity contribution in [2.45, 2.75) is 0 Å². The molecule has 2 heterocycles. The first-order valence-corrected chi connectivity index (χ1v) is 9.85. The molecule has 1 aliphatic rings. The maximum atomic E-state index is 12.3. The average molecular weight is 377 g/mol. The lowest BCUT2D eigenvalue weighted by atomic mass is 10.2. The number of morpholine rings is 1. The molecule has 0 bridgehead atoms. The van der Waals surface area contributed by atoms with Crippen molar-refractivity contribution in [2.24, 2.45) is 0 Å². The predicted octanol–water partition coefficient (Wildman–Crippen LogP) is 0.937. The highest BCUT2D eigenvalue weighted by atomic mass is 32.2. The van der Waals surface area contributed by atoms with Crippen LogP contribution in [0, 0.1) is 0 Å². The largest absolute Gasteiger partial charge is 0.378 e. The van der Waals surface area contributed by atoms with Gasteiger partial charge in [-0.25, -0.2) is 8.42 Å². The molecular formula is C16H19N5O4S. The number of nitrogens with one attached hydrogen (secondary N) is 2. The third kappa shape index (κ3) is 4.90. The number of nitrogens with zero attached hydrogens (tertiary/aromatic N) is 3. The summed E-state index contributed by atoms with van der Waals surface area (Å²) in [5.74, 6) is 0.270. The van der Waals surface area contributed by atoms with E-state index in [0.29, 0.717) is 30.4 Å². The zero-order chi connectivity index (χ0) is 18.6. The molecule has 3 rings (SSSR count). The fourth-order valence-electron chi connectivity index (χ4n) is 2.48. The Hall–Kier alpha value is -2.72. The molecule has 1 aromatic carbocycles. The molecule has 2 aromatic rings. The van der Waals surface area contributed by atoms with Gasteiger partial charge in [0.15, 0.2) is 11.5 Å². The van der Waals surface area contributed by atoms with Gasteiger partial charge in [-0.15, -0.1) is 10.2 Å². The van der Waals surface area contributed by atoms with E-state index in [-0.39, 0.29) is 5.69 Å². The second kappa shape index (κ2) is 7.67. The summed E-state index contributed by atoms with van der Waals surface area (Å²) in [7, 11) is -3.39. The average Bonchev–Trinajstić information content (AvgIpc) is 2.61. The number of amides is 1. The molecule has 138 valence electrons. The smallest absolute Gasteiger partial charge is 0.276 e. The molecule has 0 spiro atoms. The summed E-state index contributed by atoms with van der Waals surface area (Å²) in [6.45, 7) is 2.75. The van der Waals surface area contributed by atoms with Crippen molar-refractivity contribution >= 4 is 33.1 Å². The van der Waals surface area contributed by atoms with Crippen LogP contribution in [-0.2, 0) is 14.8 Å². The van der Waals surface area contributed by atoms with Crippen LogP contribution in [0.3, 0.4) is 0 Å². The van der Waals surface area contributed by atoms with Crippen molar-refractivity contribution in [1.29, 1.82) is 0 Å². The van der Waals surface area contributed by atoms with E-state index >= 15 is 0 Å². The second-order valence-corrected chi connectivity index (χ2v) is 7.53. The summed E-state index contributed by atoms with van der Waals surface area (Å²) < 4.78 is 30.2. The van der Waals surface area contributed by atoms with Gasteiger partial charge < -0.3 is 15.0 Å². The molecule has 1 aromatic heterocycles. The van der Waals surface area contributed by atoms with E-state index in [0.717, 1.165) is 19.3 Å². The highest BCUT2D eigenvalue weighted by molar-refractivity contribution is 7.92.